The van der Waals surface area contributed by atoms with Crippen LogP contribution in [-0.4, -0.2) is 40.0 Å². The molecule has 0 aliphatic heterocycles. The summed E-state index contributed by atoms with van der Waals surface area (Å²) in [6.45, 7) is 12.7. The number of carbonyl (C=O) groups is 3. The van der Waals surface area contributed by atoms with Gasteiger partial charge in [0.15, 0.2) is 0 Å². The van der Waals surface area contributed by atoms with Crippen molar-refractivity contribution in [1.29, 1.82) is 0 Å². The fourth-order valence-corrected chi connectivity index (χ4v) is 4.23. The van der Waals surface area contributed by atoms with E-state index >= 15 is 0 Å². The van der Waals surface area contributed by atoms with Gasteiger partial charge in [-0.2, -0.15) is 0 Å². The fraction of sp³-hybridized carbons (Fsp3) is 0.387. The van der Waals surface area contributed by atoms with Crippen molar-refractivity contribution in [3.05, 3.63) is 78.4 Å². The van der Waals surface area contributed by atoms with Crippen molar-refractivity contribution < 1.29 is 19.1 Å². The van der Waals surface area contributed by atoms with E-state index in [9.17, 15) is 14.4 Å². The summed E-state index contributed by atoms with van der Waals surface area (Å²) in [5.74, 6) is -0.726. The highest BCUT2D eigenvalue weighted by Gasteiger charge is 2.42. The molecule has 0 bridgehead atoms. The number of benzene rings is 3. The molecule has 7 heteroatoms. The second-order valence-electron chi connectivity index (χ2n) is 11.1. The zero-order valence-electron chi connectivity index (χ0n) is 23.4. The lowest BCUT2D eigenvalue weighted by Crippen LogP contribution is -2.58. The summed E-state index contributed by atoms with van der Waals surface area (Å²) in [6.07, 6.45) is -0.103. The molecular formula is C31H39N3O4. The summed E-state index contributed by atoms with van der Waals surface area (Å²) in [5, 5.41) is 7.74. The number of anilines is 1. The maximum absolute atomic E-state index is 14.0. The van der Waals surface area contributed by atoms with Crippen molar-refractivity contribution in [1.82, 2.24) is 10.2 Å². The second-order valence-corrected chi connectivity index (χ2v) is 11.1. The summed E-state index contributed by atoms with van der Waals surface area (Å²) >= 11 is 0. The van der Waals surface area contributed by atoms with E-state index in [2.05, 4.69) is 10.6 Å². The lowest BCUT2D eigenvalue weighted by Gasteiger charge is -2.44. The van der Waals surface area contributed by atoms with Crippen LogP contribution in [0.1, 0.15) is 66.5 Å². The number of rotatable bonds is 8. The number of amides is 3. The van der Waals surface area contributed by atoms with E-state index in [0.29, 0.717) is 17.7 Å². The molecule has 0 spiro atoms. The summed E-state index contributed by atoms with van der Waals surface area (Å²) in [4.78, 5) is 42.0. The van der Waals surface area contributed by atoms with Crippen LogP contribution in [0.5, 0.6) is 0 Å². The molecule has 0 saturated carbocycles. The van der Waals surface area contributed by atoms with Gasteiger partial charge < -0.3 is 20.3 Å². The van der Waals surface area contributed by atoms with Crippen molar-refractivity contribution >= 4 is 34.4 Å². The molecule has 2 atom stereocenters. The normalized spacial score (nSPS) is 13.3. The van der Waals surface area contributed by atoms with Crippen LogP contribution in [0.4, 0.5) is 10.5 Å². The Morgan fingerprint density at radius 2 is 1.47 bits per heavy atom. The van der Waals surface area contributed by atoms with Crippen LogP contribution in [0.2, 0.25) is 0 Å². The average molecular weight is 518 g/mol. The van der Waals surface area contributed by atoms with E-state index in [4.69, 9.17) is 4.74 Å². The molecule has 38 heavy (non-hydrogen) atoms. The van der Waals surface area contributed by atoms with E-state index < -0.39 is 29.3 Å². The van der Waals surface area contributed by atoms with Crippen molar-refractivity contribution in [3.63, 3.8) is 0 Å². The standard InChI is InChI=1S/C31H39N3O4/c1-8-31(6,7)34(28(36)21(2)32-29(37)38-30(3,4)5)26(23-15-10-9-11-16-23)27(35)33-25-19-18-22-14-12-13-17-24(22)20-25/h9-21,26H,8H2,1-7H3,(H,32,37)(H,33,35). The van der Waals surface area contributed by atoms with Crippen molar-refractivity contribution in [2.24, 2.45) is 0 Å². The number of ether oxygens (including phenoxy) is 1. The number of hydrogen-bond acceptors (Lipinski definition) is 4. The SMILES string of the molecule is CCC(C)(C)N(C(=O)C(C)NC(=O)OC(C)(C)C)C(C(=O)Nc1ccc2ccccc2c1)c1ccccc1. The van der Waals surface area contributed by atoms with Crippen LogP contribution >= 0.6 is 0 Å². The fourth-order valence-electron chi connectivity index (χ4n) is 4.23. The molecule has 202 valence electrons. The number of carbonyl (C=O) groups excluding carboxylic acids is 3. The highest BCUT2D eigenvalue weighted by atomic mass is 16.6. The molecule has 0 fully saturated rings. The van der Waals surface area contributed by atoms with Crippen molar-refractivity contribution in [2.75, 3.05) is 5.32 Å². The molecule has 0 aliphatic carbocycles. The molecule has 0 aliphatic rings. The first-order chi connectivity index (χ1) is 17.8. The second kappa shape index (κ2) is 11.7. The van der Waals surface area contributed by atoms with Crippen LogP contribution in [0, 0.1) is 0 Å². The molecule has 2 unspecified atom stereocenters. The first-order valence-corrected chi connectivity index (χ1v) is 13.0. The highest BCUT2D eigenvalue weighted by molar-refractivity contribution is 6.00. The maximum Gasteiger partial charge on any atom is 0.408 e. The van der Waals surface area contributed by atoms with E-state index in [1.165, 1.54) is 0 Å². The topological polar surface area (TPSA) is 87.7 Å². The Labute approximate surface area is 225 Å². The molecule has 2 N–H and O–H groups in total. The Balaban J connectivity index is 1.99. The minimum atomic E-state index is -0.937. The molecule has 0 radical (unpaired) electrons. The number of fused-ring (bicyclic) bond motifs is 1. The van der Waals surface area contributed by atoms with E-state index in [1.807, 2.05) is 93.6 Å². The van der Waals surface area contributed by atoms with Gasteiger partial charge in [-0.15, -0.1) is 0 Å². The summed E-state index contributed by atoms with van der Waals surface area (Å²) < 4.78 is 5.36. The van der Waals surface area contributed by atoms with Gasteiger partial charge in [-0.25, -0.2) is 4.79 Å². The Morgan fingerprint density at radius 3 is 2.08 bits per heavy atom. The lowest BCUT2D eigenvalue weighted by atomic mass is 9.92. The molecule has 0 saturated heterocycles. The molecule has 3 aromatic carbocycles. The maximum atomic E-state index is 14.0. The zero-order valence-corrected chi connectivity index (χ0v) is 23.4. The predicted molar refractivity (Wildman–Crippen MR) is 152 cm³/mol. The van der Waals surface area contributed by atoms with Crippen LogP contribution in [-0.2, 0) is 14.3 Å². The van der Waals surface area contributed by atoms with E-state index in [0.717, 1.165) is 10.8 Å². The molecule has 3 amide bonds. The van der Waals surface area contributed by atoms with Gasteiger partial charge in [0.25, 0.3) is 5.91 Å². The Kier molecular flexibility index (Phi) is 8.82. The molecular weight excluding hydrogens is 478 g/mol. The molecule has 0 heterocycles. The third kappa shape index (κ3) is 7.12. The monoisotopic (exact) mass is 517 g/mol. The van der Waals surface area contributed by atoms with Crippen LogP contribution < -0.4 is 10.6 Å². The van der Waals surface area contributed by atoms with Crippen LogP contribution in [0.3, 0.4) is 0 Å². The van der Waals surface area contributed by atoms with Gasteiger partial charge >= 0.3 is 6.09 Å². The molecule has 3 rings (SSSR count). The third-order valence-corrected chi connectivity index (χ3v) is 6.50. The number of nitrogens with zero attached hydrogens (tertiary/aromatic N) is 1. The zero-order chi connectivity index (χ0) is 28.1. The third-order valence-electron chi connectivity index (χ3n) is 6.50. The van der Waals surface area contributed by atoms with Gasteiger partial charge in [-0.3, -0.25) is 9.59 Å². The van der Waals surface area contributed by atoms with Gasteiger partial charge in [0.1, 0.15) is 17.7 Å². The predicted octanol–water partition coefficient (Wildman–Crippen LogP) is 6.45. The minimum absolute atomic E-state index is 0.342. The van der Waals surface area contributed by atoms with E-state index in [-0.39, 0.29) is 11.8 Å². The van der Waals surface area contributed by atoms with Gasteiger partial charge in [-0.1, -0.05) is 67.6 Å². The summed E-state index contributed by atoms with van der Waals surface area (Å²) in [7, 11) is 0. The Hall–Kier alpha value is -3.87. The number of hydrogen-bond donors (Lipinski definition) is 2. The van der Waals surface area contributed by atoms with Gasteiger partial charge in [0.05, 0.1) is 0 Å². The van der Waals surface area contributed by atoms with Gasteiger partial charge in [-0.05, 0) is 76.4 Å². The minimum Gasteiger partial charge on any atom is -0.444 e. The van der Waals surface area contributed by atoms with Crippen LogP contribution in [0.25, 0.3) is 10.8 Å². The first kappa shape index (κ1) is 28.7. The van der Waals surface area contributed by atoms with Crippen molar-refractivity contribution in [2.45, 2.75) is 78.1 Å². The molecule has 7 nitrogen and oxygen atoms in total. The smallest absolute Gasteiger partial charge is 0.408 e. The molecule has 0 aromatic heterocycles. The van der Waals surface area contributed by atoms with Crippen LogP contribution in [0.15, 0.2) is 72.8 Å². The Bertz CT molecular complexity index is 1280. The number of nitrogens with one attached hydrogen (secondary N) is 2. The molecule has 3 aromatic rings. The summed E-state index contributed by atoms with van der Waals surface area (Å²) in [6, 6.07) is 21.0. The van der Waals surface area contributed by atoms with Gasteiger partial charge in [0, 0.05) is 11.2 Å². The average Bonchev–Trinajstić information content (AvgIpc) is 2.85. The quantitative estimate of drug-likeness (QED) is 0.359. The summed E-state index contributed by atoms with van der Waals surface area (Å²) in [5.41, 5.74) is -0.106. The first-order valence-electron chi connectivity index (χ1n) is 13.0. The lowest BCUT2D eigenvalue weighted by molar-refractivity contribution is -0.147. The number of alkyl carbamates (subject to hydrolysis) is 1. The highest BCUT2D eigenvalue weighted by Crippen LogP contribution is 2.33. The van der Waals surface area contributed by atoms with Crippen molar-refractivity contribution in [3.8, 4) is 0 Å². The Morgan fingerprint density at radius 1 is 0.868 bits per heavy atom. The largest absolute Gasteiger partial charge is 0.444 e. The van der Waals surface area contributed by atoms with Gasteiger partial charge in [0.2, 0.25) is 5.91 Å². The van der Waals surface area contributed by atoms with E-state index in [1.54, 1.807) is 32.6 Å².